The number of nitrogens with zero attached hydrogens (tertiary/aromatic N) is 4. The van der Waals surface area contributed by atoms with Gasteiger partial charge in [0.15, 0.2) is 5.65 Å². The number of ether oxygens (including phenoxy) is 2. The highest BCUT2D eigenvalue weighted by atomic mass is 16.5. The van der Waals surface area contributed by atoms with E-state index in [9.17, 15) is 4.79 Å². The van der Waals surface area contributed by atoms with Gasteiger partial charge in [-0.1, -0.05) is 6.07 Å². The van der Waals surface area contributed by atoms with Crippen molar-refractivity contribution >= 4 is 5.65 Å². The van der Waals surface area contributed by atoms with Crippen molar-refractivity contribution in [3.05, 3.63) is 58.6 Å². The molecule has 1 fully saturated rings. The Morgan fingerprint density at radius 3 is 2.85 bits per heavy atom. The van der Waals surface area contributed by atoms with Crippen LogP contribution in [0.15, 0.2) is 47.4 Å². The molecule has 1 aromatic carbocycles. The van der Waals surface area contributed by atoms with Crippen LogP contribution in [0, 0.1) is 0 Å². The summed E-state index contributed by atoms with van der Waals surface area (Å²) in [4.78, 5) is 14.8. The second kappa shape index (κ2) is 6.84. The van der Waals surface area contributed by atoms with Gasteiger partial charge in [0.2, 0.25) is 0 Å². The summed E-state index contributed by atoms with van der Waals surface area (Å²) in [6.07, 6.45) is 3.81. The average molecular weight is 354 g/mol. The fourth-order valence-corrected chi connectivity index (χ4v) is 3.68. The van der Waals surface area contributed by atoms with Gasteiger partial charge < -0.3 is 9.47 Å². The van der Waals surface area contributed by atoms with Gasteiger partial charge in [-0.2, -0.15) is 4.68 Å². The Bertz CT molecular complexity index is 978. The van der Waals surface area contributed by atoms with Crippen molar-refractivity contribution in [2.24, 2.45) is 0 Å². The smallest absolute Gasteiger partial charge is 0.351 e. The maximum Gasteiger partial charge on any atom is 0.351 e. The molecule has 4 rings (SSSR count). The van der Waals surface area contributed by atoms with Crippen LogP contribution in [-0.4, -0.2) is 39.8 Å². The van der Waals surface area contributed by atoms with Crippen LogP contribution < -0.4 is 15.2 Å². The molecule has 1 atom stereocenters. The van der Waals surface area contributed by atoms with Gasteiger partial charge in [0.1, 0.15) is 11.5 Å². The van der Waals surface area contributed by atoms with Crippen LogP contribution in [0.1, 0.15) is 24.4 Å². The third-order valence-corrected chi connectivity index (χ3v) is 4.96. The number of hydrogen-bond acceptors (Lipinski definition) is 5. The predicted molar refractivity (Wildman–Crippen MR) is 97.7 cm³/mol. The lowest BCUT2D eigenvalue weighted by Crippen LogP contribution is -2.32. The van der Waals surface area contributed by atoms with Crippen LogP contribution in [0.3, 0.4) is 0 Å². The fraction of sp³-hybridized carbons (Fsp3) is 0.368. The van der Waals surface area contributed by atoms with E-state index in [2.05, 4.69) is 10.00 Å². The van der Waals surface area contributed by atoms with E-state index in [0.717, 1.165) is 36.4 Å². The molecule has 7 nitrogen and oxygen atoms in total. The summed E-state index contributed by atoms with van der Waals surface area (Å²) in [5, 5.41) is 4.45. The summed E-state index contributed by atoms with van der Waals surface area (Å²) in [7, 11) is 3.34. The molecule has 0 saturated carbocycles. The lowest BCUT2D eigenvalue weighted by molar-refractivity contribution is 0.185. The van der Waals surface area contributed by atoms with Crippen LogP contribution in [-0.2, 0) is 6.67 Å². The Hall–Kier alpha value is -2.80. The summed E-state index contributed by atoms with van der Waals surface area (Å²) in [5.41, 5.74) is 1.62. The molecule has 1 saturated heterocycles. The minimum Gasteiger partial charge on any atom is -0.497 e. The van der Waals surface area contributed by atoms with E-state index in [4.69, 9.17) is 9.47 Å². The lowest BCUT2D eigenvalue weighted by atomic mass is 10.0. The maximum absolute atomic E-state index is 12.6. The summed E-state index contributed by atoms with van der Waals surface area (Å²) in [6, 6.07) is 11.6. The molecule has 1 unspecified atom stereocenters. The number of rotatable bonds is 5. The second-order valence-electron chi connectivity index (χ2n) is 6.43. The summed E-state index contributed by atoms with van der Waals surface area (Å²) in [5.74, 6) is 1.64. The fourth-order valence-electron chi connectivity index (χ4n) is 3.68. The second-order valence-corrected chi connectivity index (χ2v) is 6.43. The highest BCUT2D eigenvalue weighted by Gasteiger charge is 2.29. The number of aromatic nitrogens is 3. The quantitative estimate of drug-likeness (QED) is 0.704. The van der Waals surface area contributed by atoms with E-state index in [1.165, 1.54) is 4.68 Å². The summed E-state index contributed by atoms with van der Waals surface area (Å²) < 4.78 is 14.0. The normalized spacial score (nSPS) is 17.7. The molecule has 0 N–H and O–H groups in total. The zero-order chi connectivity index (χ0) is 18.1. The van der Waals surface area contributed by atoms with Gasteiger partial charge in [-0.3, -0.25) is 9.30 Å². The standard InChI is InChI=1S/C19H22N4O3/c1-25-14-8-9-17(26-2)15(12-14)16-6-5-10-21(16)13-23-19(24)22-11-4-3-7-18(22)20-23/h3-4,7-9,11-12,16H,5-6,10,13H2,1-2H3. The van der Waals surface area contributed by atoms with Gasteiger partial charge in [-0.05, 0) is 43.2 Å². The SMILES string of the molecule is COc1ccc(OC)c(C2CCCN2Cn2nc3ccccn3c2=O)c1. The lowest BCUT2D eigenvalue weighted by Gasteiger charge is -2.25. The molecule has 3 aromatic rings. The Balaban J connectivity index is 1.67. The number of likely N-dealkylation sites (tertiary alicyclic amines) is 1. The molecule has 26 heavy (non-hydrogen) atoms. The molecule has 2 aromatic heterocycles. The molecule has 0 aliphatic carbocycles. The van der Waals surface area contributed by atoms with E-state index < -0.39 is 0 Å². The molecular weight excluding hydrogens is 332 g/mol. The van der Waals surface area contributed by atoms with Crippen molar-refractivity contribution in [1.82, 2.24) is 19.1 Å². The highest BCUT2D eigenvalue weighted by Crippen LogP contribution is 2.38. The minimum absolute atomic E-state index is 0.121. The van der Waals surface area contributed by atoms with Crippen LogP contribution in [0.5, 0.6) is 11.5 Å². The largest absolute Gasteiger partial charge is 0.497 e. The first kappa shape index (κ1) is 16.7. The van der Waals surface area contributed by atoms with Crippen LogP contribution >= 0.6 is 0 Å². The Morgan fingerprint density at radius 1 is 1.19 bits per heavy atom. The van der Waals surface area contributed by atoms with Crippen molar-refractivity contribution in [3.8, 4) is 11.5 Å². The van der Waals surface area contributed by atoms with Gasteiger partial charge in [0.25, 0.3) is 0 Å². The maximum atomic E-state index is 12.6. The molecule has 0 amide bonds. The molecule has 1 aliphatic rings. The number of pyridine rings is 1. The van der Waals surface area contributed by atoms with Crippen molar-refractivity contribution < 1.29 is 9.47 Å². The molecule has 0 radical (unpaired) electrons. The van der Waals surface area contributed by atoms with Gasteiger partial charge in [-0.25, -0.2) is 4.79 Å². The van der Waals surface area contributed by atoms with Gasteiger partial charge in [-0.15, -0.1) is 5.10 Å². The molecular formula is C19H22N4O3. The zero-order valence-electron chi connectivity index (χ0n) is 15.0. The molecule has 7 heteroatoms. The van der Waals surface area contributed by atoms with Crippen molar-refractivity contribution in [1.29, 1.82) is 0 Å². The van der Waals surface area contributed by atoms with Gasteiger partial charge in [0, 0.05) is 24.3 Å². The van der Waals surface area contributed by atoms with Gasteiger partial charge in [0.05, 0.1) is 20.9 Å². The molecule has 3 heterocycles. The van der Waals surface area contributed by atoms with E-state index in [1.54, 1.807) is 24.8 Å². The van der Waals surface area contributed by atoms with Crippen molar-refractivity contribution in [2.45, 2.75) is 25.6 Å². The number of hydrogen-bond donors (Lipinski definition) is 0. The predicted octanol–water partition coefficient (Wildman–Crippen LogP) is 2.31. The highest BCUT2D eigenvalue weighted by molar-refractivity contribution is 5.42. The molecule has 1 aliphatic heterocycles. The Kier molecular flexibility index (Phi) is 4.38. The van der Waals surface area contributed by atoms with E-state index in [0.29, 0.717) is 12.3 Å². The zero-order valence-corrected chi connectivity index (χ0v) is 15.0. The summed E-state index contributed by atoms with van der Waals surface area (Å²) >= 11 is 0. The van der Waals surface area contributed by atoms with Gasteiger partial charge >= 0.3 is 5.69 Å². The average Bonchev–Trinajstić information content (AvgIpc) is 3.26. The first-order chi connectivity index (χ1) is 12.7. The topological polar surface area (TPSA) is 61.0 Å². The third-order valence-electron chi connectivity index (χ3n) is 4.96. The van der Waals surface area contributed by atoms with Crippen molar-refractivity contribution in [3.63, 3.8) is 0 Å². The molecule has 0 spiro atoms. The van der Waals surface area contributed by atoms with E-state index in [1.807, 2.05) is 36.4 Å². The first-order valence-corrected chi connectivity index (χ1v) is 8.71. The number of benzene rings is 1. The number of fused-ring (bicyclic) bond motifs is 1. The number of methoxy groups -OCH3 is 2. The van der Waals surface area contributed by atoms with Crippen LogP contribution in [0.2, 0.25) is 0 Å². The minimum atomic E-state index is -0.121. The molecule has 136 valence electrons. The van der Waals surface area contributed by atoms with E-state index in [-0.39, 0.29) is 11.7 Å². The Labute approximate surface area is 151 Å². The Morgan fingerprint density at radius 2 is 2.08 bits per heavy atom. The molecule has 0 bridgehead atoms. The third kappa shape index (κ3) is 2.84. The first-order valence-electron chi connectivity index (χ1n) is 8.71. The van der Waals surface area contributed by atoms with Crippen LogP contribution in [0.4, 0.5) is 0 Å². The van der Waals surface area contributed by atoms with E-state index >= 15 is 0 Å². The summed E-state index contributed by atoms with van der Waals surface area (Å²) in [6.45, 7) is 1.36. The van der Waals surface area contributed by atoms with Crippen molar-refractivity contribution in [2.75, 3.05) is 20.8 Å². The van der Waals surface area contributed by atoms with Crippen LogP contribution in [0.25, 0.3) is 5.65 Å². The monoisotopic (exact) mass is 354 g/mol.